The van der Waals surface area contributed by atoms with Crippen LogP contribution in [0.2, 0.25) is 5.02 Å². The van der Waals surface area contributed by atoms with E-state index in [-0.39, 0.29) is 12.0 Å². The van der Waals surface area contributed by atoms with Crippen LogP contribution in [0.5, 0.6) is 11.5 Å². The number of nitrogens with zero attached hydrogens (tertiary/aromatic N) is 3. The lowest BCUT2D eigenvalue weighted by Crippen LogP contribution is -2.39. The predicted octanol–water partition coefficient (Wildman–Crippen LogP) is 5.86. The van der Waals surface area contributed by atoms with E-state index >= 15 is 0 Å². The Bertz CT molecular complexity index is 1320. The van der Waals surface area contributed by atoms with E-state index in [0.717, 1.165) is 11.8 Å². The Hall–Kier alpha value is -3.77. The van der Waals surface area contributed by atoms with Crippen LogP contribution in [0.3, 0.4) is 0 Å². The Balaban J connectivity index is 1.40. The number of carbonyl (C=O) groups is 1. The second kappa shape index (κ2) is 13.3. The van der Waals surface area contributed by atoms with Crippen molar-refractivity contribution in [2.75, 3.05) is 42.7 Å². The van der Waals surface area contributed by atoms with E-state index in [1.54, 1.807) is 0 Å². The lowest BCUT2D eigenvalue weighted by atomic mass is 10.0. The van der Waals surface area contributed by atoms with E-state index in [1.165, 1.54) is 24.3 Å². The lowest BCUT2D eigenvalue weighted by Gasteiger charge is -2.32. The number of ether oxygens (including phenoxy) is 2. The van der Waals surface area contributed by atoms with Crippen molar-refractivity contribution >= 4 is 34.8 Å². The monoisotopic (exact) mass is 592 g/mol. The van der Waals surface area contributed by atoms with Crippen LogP contribution < -0.4 is 25.8 Å². The van der Waals surface area contributed by atoms with Gasteiger partial charge >= 0.3 is 6.18 Å². The summed E-state index contributed by atoms with van der Waals surface area (Å²) < 4.78 is 52.9. The van der Waals surface area contributed by atoms with Crippen molar-refractivity contribution in [1.82, 2.24) is 14.9 Å². The molecule has 1 aliphatic rings. The van der Waals surface area contributed by atoms with Crippen LogP contribution in [0.1, 0.15) is 48.3 Å². The number of alkyl halides is 3. The quantitative estimate of drug-likeness (QED) is 0.251. The third-order valence-corrected chi connectivity index (χ3v) is 6.75. The van der Waals surface area contributed by atoms with Gasteiger partial charge in [-0.15, -0.1) is 0 Å². The number of likely N-dealkylation sites (tertiary alicyclic amines) is 1. The second-order valence-corrected chi connectivity index (χ2v) is 9.92. The zero-order chi connectivity index (χ0) is 29.6. The van der Waals surface area contributed by atoms with Crippen molar-refractivity contribution in [3.8, 4) is 11.5 Å². The minimum atomic E-state index is -4.85. The molecule has 2 heterocycles. The second-order valence-electron chi connectivity index (χ2n) is 9.48. The standard InChI is InChI=1S/C28H32ClF3N6O3/c1-3-40-22-13-17(14-23(24(22)33)41-4-2)16-38-11-9-20(10-12-38)36-27-34-15-21(25(37-27)28(30,31)32)26(39)35-19-7-5-18(29)6-8-19/h5-8,13-15,20H,3-4,9-12,16,33H2,1-2H3,(H,35,39)(H,34,36,37). The van der Waals surface area contributed by atoms with Crippen molar-refractivity contribution in [3.63, 3.8) is 0 Å². The molecule has 1 aromatic heterocycles. The zero-order valence-electron chi connectivity index (χ0n) is 22.7. The number of hydrogen-bond donors (Lipinski definition) is 3. The van der Waals surface area contributed by atoms with Crippen molar-refractivity contribution in [2.45, 2.75) is 45.5 Å². The molecule has 1 aliphatic heterocycles. The van der Waals surface area contributed by atoms with Gasteiger partial charge in [0.2, 0.25) is 5.95 Å². The topological polar surface area (TPSA) is 115 Å². The minimum Gasteiger partial charge on any atom is -0.492 e. The van der Waals surface area contributed by atoms with Crippen LogP contribution in [-0.2, 0) is 12.7 Å². The third kappa shape index (κ3) is 7.92. The molecule has 1 amide bonds. The molecule has 2 aromatic carbocycles. The molecule has 0 aliphatic carbocycles. The number of carbonyl (C=O) groups excluding carboxylic acids is 1. The van der Waals surface area contributed by atoms with E-state index in [4.69, 9.17) is 26.8 Å². The summed E-state index contributed by atoms with van der Waals surface area (Å²) in [5.41, 5.74) is 5.94. The van der Waals surface area contributed by atoms with E-state index in [1.807, 2.05) is 26.0 Å². The molecule has 1 saturated heterocycles. The molecule has 0 radical (unpaired) electrons. The molecule has 3 aromatic rings. The smallest absolute Gasteiger partial charge is 0.434 e. The number of aromatic nitrogens is 2. The molecule has 13 heteroatoms. The molecule has 0 unspecified atom stereocenters. The number of anilines is 3. The fourth-order valence-corrected chi connectivity index (χ4v) is 4.66. The number of nitrogens with one attached hydrogen (secondary N) is 2. The molecule has 4 N–H and O–H groups in total. The van der Waals surface area contributed by atoms with Crippen LogP contribution in [0, 0.1) is 0 Å². The number of benzene rings is 2. The SMILES string of the molecule is CCOc1cc(CN2CCC(Nc3ncc(C(=O)Nc4ccc(Cl)cc4)c(C(F)(F)F)n3)CC2)cc(OCC)c1N. The highest BCUT2D eigenvalue weighted by Crippen LogP contribution is 2.35. The van der Waals surface area contributed by atoms with Crippen molar-refractivity contribution in [3.05, 3.63) is 64.4 Å². The molecule has 0 bridgehead atoms. The normalized spacial score (nSPS) is 14.5. The van der Waals surface area contributed by atoms with Gasteiger partial charge in [-0.3, -0.25) is 9.69 Å². The van der Waals surface area contributed by atoms with Crippen molar-refractivity contribution in [1.29, 1.82) is 0 Å². The minimum absolute atomic E-state index is 0.134. The first-order valence-electron chi connectivity index (χ1n) is 13.2. The van der Waals surface area contributed by atoms with Gasteiger partial charge in [0, 0.05) is 42.6 Å². The first kappa shape index (κ1) is 30.2. The Labute approximate surface area is 241 Å². The number of amides is 1. The lowest BCUT2D eigenvalue weighted by molar-refractivity contribution is -0.141. The third-order valence-electron chi connectivity index (χ3n) is 6.49. The van der Waals surface area contributed by atoms with Gasteiger partial charge in [0.25, 0.3) is 5.91 Å². The summed E-state index contributed by atoms with van der Waals surface area (Å²) in [7, 11) is 0. The van der Waals surface area contributed by atoms with Crippen LogP contribution in [0.4, 0.5) is 30.5 Å². The average molecular weight is 593 g/mol. The maximum absolute atomic E-state index is 13.8. The summed E-state index contributed by atoms with van der Waals surface area (Å²) in [5, 5.41) is 5.86. The van der Waals surface area contributed by atoms with Gasteiger partial charge in [-0.05, 0) is 68.7 Å². The van der Waals surface area contributed by atoms with Gasteiger partial charge in [-0.2, -0.15) is 13.2 Å². The van der Waals surface area contributed by atoms with E-state index in [9.17, 15) is 18.0 Å². The number of piperidine rings is 1. The highest BCUT2D eigenvalue weighted by molar-refractivity contribution is 6.30. The summed E-state index contributed by atoms with van der Waals surface area (Å²) >= 11 is 5.83. The summed E-state index contributed by atoms with van der Waals surface area (Å²) in [6.45, 7) is 6.75. The number of nitrogen functional groups attached to an aromatic ring is 1. The van der Waals surface area contributed by atoms with Gasteiger partial charge in [0.1, 0.15) is 17.2 Å². The zero-order valence-corrected chi connectivity index (χ0v) is 23.5. The maximum Gasteiger partial charge on any atom is 0.434 e. The first-order chi connectivity index (χ1) is 19.6. The number of rotatable bonds is 10. The molecule has 4 rings (SSSR count). The van der Waals surface area contributed by atoms with Gasteiger partial charge in [0.05, 0.1) is 18.8 Å². The fourth-order valence-electron chi connectivity index (χ4n) is 4.54. The van der Waals surface area contributed by atoms with E-state index in [0.29, 0.717) is 73.6 Å². The Morgan fingerprint density at radius 3 is 2.27 bits per heavy atom. The molecular weight excluding hydrogens is 561 g/mol. The van der Waals surface area contributed by atoms with Crippen LogP contribution in [-0.4, -0.2) is 53.1 Å². The van der Waals surface area contributed by atoms with Crippen LogP contribution >= 0.6 is 11.6 Å². The molecule has 220 valence electrons. The Morgan fingerprint density at radius 2 is 1.71 bits per heavy atom. The van der Waals surface area contributed by atoms with Gasteiger partial charge in [0.15, 0.2) is 5.69 Å². The van der Waals surface area contributed by atoms with E-state index < -0.39 is 23.3 Å². The van der Waals surface area contributed by atoms with Crippen molar-refractivity contribution in [2.24, 2.45) is 0 Å². The van der Waals surface area contributed by atoms with E-state index in [2.05, 4.69) is 25.5 Å². The number of hydrogen-bond acceptors (Lipinski definition) is 8. The largest absolute Gasteiger partial charge is 0.492 e. The number of nitrogens with two attached hydrogens (primary N) is 1. The highest BCUT2D eigenvalue weighted by atomic mass is 35.5. The molecule has 1 fully saturated rings. The van der Waals surface area contributed by atoms with Crippen LogP contribution in [0.25, 0.3) is 0 Å². The molecule has 41 heavy (non-hydrogen) atoms. The Morgan fingerprint density at radius 1 is 1.10 bits per heavy atom. The van der Waals surface area contributed by atoms with Gasteiger partial charge in [-0.25, -0.2) is 9.97 Å². The summed E-state index contributed by atoms with van der Waals surface area (Å²) in [6.07, 6.45) is -2.63. The fraction of sp³-hybridized carbons (Fsp3) is 0.393. The summed E-state index contributed by atoms with van der Waals surface area (Å²) in [6, 6.07) is 9.68. The molecular formula is C28H32ClF3N6O3. The van der Waals surface area contributed by atoms with Crippen LogP contribution in [0.15, 0.2) is 42.6 Å². The molecule has 0 spiro atoms. The number of halogens is 4. The molecule has 9 nitrogen and oxygen atoms in total. The predicted molar refractivity (Wildman–Crippen MR) is 152 cm³/mol. The summed E-state index contributed by atoms with van der Waals surface area (Å²) in [5.74, 6) is 0.00283. The van der Waals surface area contributed by atoms with Crippen molar-refractivity contribution < 1.29 is 27.4 Å². The summed E-state index contributed by atoms with van der Waals surface area (Å²) in [4.78, 5) is 22.5. The van der Waals surface area contributed by atoms with Gasteiger partial charge < -0.3 is 25.8 Å². The maximum atomic E-state index is 13.8. The molecule has 0 saturated carbocycles. The molecule has 0 atom stereocenters. The Kier molecular flexibility index (Phi) is 9.77. The first-order valence-corrected chi connectivity index (χ1v) is 13.6. The highest BCUT2D eigenvalue weighted by Gasteiger charge is 2.38. The van der Waals surface area contributed by atoms with Gasteiger partial charge in [-0.1, -0.05) is 11.6 Å². The average Bonchev–Trinajstić information content (AvgIpc) is 2.93.